The van der Waals surface area contributed by atoms with Crippen LogP contribution in [0.2, 0.25) is 0 Å². The summed E-state index contributed by atoms with van der Waals surface area (Å²) in [7, 11) is 0. The van der Waals surface area contributed by atoms with Gasteiger partial charge >= 0.3 is 0 Å². The fourth-order valence-corrected chi connectivity index (χ4v) is 4.39. The molecule has 2 aliphatic heterocycles. The summed E-state index contributed by atoms with van der Waals surface area (Å²) in [6, 6.07) is 6.21. The Hall–Kier alpha value is -2.63. The summed E-state index contributed by atoms with van der Waals surface area (Å²) in [5.41, 5.74) is 4.26. The molecule has 0 saturated carbocycles. The summed E-state index contributed by atoms with van der Waals surface area (Å²) < 4.78 is 7.33. The van der Waals surface area contributed by atoms with Gasteiger partial charge in [0.2, 0.25) is 5.91 Å². The largest absolute Gasteiger partial charge is 0.469 e. The number of carbonyl (C=O) groups is 1. The lowest BCUT2D eigenvalue weighted by Crippen LogP contribution is -2.42. The quantitative estimate of drug-likeness (QED) is 0.738. The number of hydrogen-bond acceptors (Lipinski definition) is 4. The van der Waals surface area contributed by atoms with Gasteiger partial charge < -0.3 is 9.32 Å². The lowest BCUT2D eigenvalue weighted by atomic mass is 9.98. The predicted octanol–water partition coefficient (Wildman–Crippen LogP) is 2.85. The molecule has 0 spiro atoms. The van der Waals surface area contributed by atoms with E-state index in [1.165, 1.54) is 5.69 Å². The lowest BCUT2D eigenvalue weighted by molar-refractivity contribution is -0.134. The van der Waals surface area contributed by atoms with Crippen LogP contribution in [-0.4, -0.2) is 31.4 Å². The maximum absolute atomic E-state index is 12.9. The SMILES string of the molecule is Cc1cc2ncc3c(n2n1)C[C@@H]1CC[C@@H]3N1C(=O)CCc1ccco1. The van der Waals surface area contributed by atoms with Gasteiger partial charge in [-0.05, 0) is 31.9 Å². The van der Waals surface area contributed by atoms with Crippen molar-refractivity contribution in [1.82, 2.24) is 19.5 Å². The molecule has 6 heteroatoms. The fourth-order valence-electron chi connectivity index (χ4n) is 4.39. The molecule has 0 radical (unpaired) electrons. The molecule has 1 saturated heterocycles. The molecule has 6 nitrogen and oxygen atoms in total. The molecular formula is C19H20N4O2. The Kier molecular flexibility index (Phi) is 3.20. The summed E-state index contributed by atoms with van der Waals surface area (Å²) in [4.78, 5) is 19.5. The molecule has 3 aromatic heterocycles. The Morgan fingerprint density at radius 3 is 3.16 bits per heavy atom. The van der Waals surface area contributed by atoms with E-state index >= 15 is 0 Å². The average Bonchev–Trinajstić information content (AvgIpc) is 3.31. The zero-order valence-electron chi connectivity index (χ0n) is 14.2. The van der Waals surface area contributed by atoms with Gasteiger partial charge in [0.15, 0.2) is 5.65 Å². The van der Waals surface area contributed by atoms with Crippen molar-refractivity contribution < 1.29 is 9.21 Å². The molecule has 0 unspecified atom stereocenters. The highest BCUT2D eigenvalue weighted by atomic mass is 16.3. The third-order valence-corrected chi connectivity index (χ3v) is 5.48. The molecular weight excluding hydrogens is 316 g/mol. The highest BCUT2D eigenvalue weighted by Crippen LogP contribution is 2.43. The maximum atomic E-state index is 12.9. The van der Waals surface area contributed by atoms with Crippen LogP contribution < -0.4 is 0 Å². The third-order valence-electron chi connectivity index (χ3n) is 5.48. The van der Waals surface area contributed by atoms with E-state index in [4.69, 9.17) is 4.42 Å². The second kappa shape index (κ2) is 5.44. The molecule has 1 fully saturated rings. The first-order valence-corrected chi connectivity index (χ1v) is 8.88. The lowest BCUT2D eigenvalue weighted by Gasteiger charge is -2.36. The average molecular weight is 336 g/mol. The van der Waals surface area contributed by atoms with Gasteiger partial charge in [0.1, 0.15) is 5.76 Å². The van der Waals surface area contributed by atoms with Gasteiger partial charge in [-0.1, -0.05) is 0 Å². The van der Waals surface area contributed by atoms with Crippen molar-refractivity contribution in [3.8, 4) is 0 Å². The standard InChI is InChI=1S/C19H20N4O2/c1-12-9-18-20-11-15-16-6-4-13(10-17(15)23(18)21-12)22(16)19(24)7-5-14-3-2-8-25-14/h2-3,8-9,11,13,16H,4-7,10H2,1H3/t13-,16-/m0/s1. The Balaban J connectivity index is 1.45. The van der Waals surface area contributed by atoms with Gasteiger partial charge in [-0.3, -0.25) is 4.79 Å². The number of carbonyl (C=O) groups excluding carboxylic acids is 1. The molecule has 0 N–H and O–H groups in total. The minimum absolute atomic E-state index is 0.138. The van der Waals surface area contributed by atoms with E-state index in [-0.39, 0.29) is 18.0 Å². The van der Waals surface area contributed by atoms with Crippen LogP contribution in [0, 0.1) is 6.92 Å². The Bertz CT molecular complexity index is 944. The number of aryl methyl sites for hydroxylation is 2. The van der Waals surface area contributed by atoms with Crippen LogP contribution in [0.25, 0.3) is 5.65 Å². The van der Waals surface area contributed by atoms with Crippen molar-refractivity contribution in [3.05, 3.63) is 53.4 Å². The summed E-state index contributed by atoms with van der Waals surface area (Å²) in [5, 5.41) is 4.60. The van der Waals surface area contributed by atoms with Crippen LogP contribution in [0.4, 0.5) is 0 Å². The summed E-state index contributed by atoms with van der Waals surface area (Å²) in [6.07, 6.45) is 7.68. The van der Waals surface area contributed by atoms with Crippen molar-refractivity contribution in [1.29, 1.82) is 0 Å². The molecule has 2 atom stereocenters. The zero-order valence-corrected chi connectivity index (χ0v) is 14.2. The maximum Gasteiger partial charge on any atom is 0.223 e. The van der Waals surface area contributed by atoms with E-state index in [1.807, 2.05) is 35.8 Å². The van der Waals surface area contributed by atoms with E-state index in [9.17, 15) is 4.79 Å². The number of amides is 1. The Morgan fingerprint density at radius 2 is 2.32 bits per heavy atom. The Labute approximate surface area is 145 Å². The van der Waals surface area contributed by atoms with Crippen LogP contribution >= 0.6 is 0 Å². The van der Waals surface area contributed by atoms with E-state index in [2.05, 4.69) is 15.0 Å². The highest BCUT2D eigenvalue weighted by Gasteiger charge is 2.43. The molecule has 2 bridgehead atoms. The predicted molar refractivity (Wildman–Crippen MR) is 91.1 cm³/mol. The van der Waals surface area contributed by atoms with E-state index in [0.29, 0.717) is 12.8 Å². The number of nitrogens with zero attached hydrogens (tertiary/aromatic N) is 4. The number of hydrogen-bond donors (Lipinski definition) is 0. The van der Waals surface area contributed by atoms with E-state index in [1.54, 1.807) is 6.26 Å². The number of fused-ring (bicyclic) bond motifs is 6. The van der Waals surface area contributed by atoms with E-state index < -0.39 is 0 Å². The van der Waals surface area contributed by atoms with Crippen molar-refractivity contribution in [3.63, 3.8) is 0 Å². The first kappa shape index (κ1) is 14.7. The number of aromatic nitrogens is 3. The first-order chi connectivity index (χ1) is 12.2. The molecule has 3 aromatic rings. The van der Waals surface area contributed by atoms with Gasteiger partial charge in [-0.2, -0.15) is 5.10 Å². The first-order valence-electron chi connectivity index (χ1n) is 8.88. The topological polar surface area (TPSA) is 63.6 Å². The molecule has 25 heavy (non-hydrogen) atoms. The van der Waals surface area contributed by atoms with Gasteiger partial charge in [0.25, 0.3) is 0 Å². The highest BCUT2D eigenvalue weighted by molar-refractivity contribution is 5.78. The minimum Gasteiger partial charge on any atom is -0.469 e. The molecule has 0 aromatic carbocycles. The monoisotopic (exact) mass is 336 g/mol. The van der Waals surface area contributed by atoms with Crippen molar-refractivity contribution >= 4 is 11.6 Å². The molecule has 128 valence electrons. The molecule has 5 heterocycles. The fraction of sp³-hybridized carbons (Fsp3) is 0.421. The van der Waals surface area contributed by atoms with Crippen LogP contribution in [0.15, 0.2) is 35.1 Å². The second-order valence-corrected chi connectivity index (χ2v) is 7.05. The van der Waals surface area contributed by atoms with Crippen molar-refractivity contribution in [2.75, 3.05) is 0 Å². The summed E-state index contributed by atoms with van der Waals surface area (Å²) in [5.74, 6) is 1.08. The summed E-state index contributed by atoms with van der Waals surface area (Å²) in [6.45, 7) is 1.99. The zero-order chi connectivity index (χ0) is 17.0. The van der Waals surface area contributed by atoms with Crippen LogP contribution in [-0.2, 0) is 17.6 Å². The van der Waals surface area contributed by atoms with Crippen LogP contribution in [0.5, 0.6) is 0 Å². The number of rotatable bonds is 3. The van der Waals surface area contributed by atoms with Gasteiger partial charge in [0.05, 0.1) is 23.7 Å². The van der Waals surface area contributed by atoms with Gasteiger partial charge in [0, 0.05) is 43.1 Å². The van der Waals surface area contributed by atoms with Crippen molar-refractivity contribution in [2.24, 2.45) is 0 Å². The normalized spacial score (nSPS) is 21.7. The van der Waals surface area contributed by atoms with E-state index in [0.717, 1.165) is 41.9 Å². The molecule has 1 amide bonds. The number of furan rings is 1. The summed E-state index contributed by atoms with van der Waals surface area (Å²) >= 11 is 0. The minimum atomic E-state index is 0.138. The van der Waals surface area contributed by atoms with Gasteiger partial charge in [-0.25, -0.2) is 9.50 Å². The third kappa shape index (κ3) is 2.27. The van der Waals surface area contributed by atoms with Crippen LogP contribution in [0.1, 0.15) is 48.0 Å². The molecule has 0 aliphatic carbocycles. The smallest absolute Gasteiger partial charge is 0.223 e. The van der Waals surface area contributed by atoms with Gasteiger partial charge in [-0.15, -0.1) is 0 Å². The Morgan fingerprint density at radius 1 is 1.40 bits per heavy atom. The van der Waals surface area contributed by atoms with Crippen LogP contribution in [0.3, 0.4) is 0 Å². The van der Waals surface area contributed by atoms with Crippen molar-refractivity contribution in [2.45, 2.75) is 51.1 Å². The molecule has 5 rings (SSSR count). The second-order valence-electron chi connectivity index (χ2n) is 7.05. The molecule has 2 aliphatic rings.